The molecule has 0 spiro atoms. The molecule has 158 valence electrons. The zero-order chi connectivity index (χ0) is 21.3. The molecule has 0 saturated carbocycles. The first kappa shape index (κ1) is 21.9. The van der Waals surface area contributed by atoms with Crippen molar-refractivity contribution in [1.82, 2.24) is 9.97 Å². The Hall–Kier alpha value is -2.75. The summed E-state index contributed by atoms with van der Waals surface area (Å²) in [7, 11) is 0. The van der Waals surface area contributed by atoms with Crippen molar-refractivity contribution < 1.29 is 9.13 Å². The lowest BCUT2D eigenvalue weighted by Crippen LogP contribution is -2.15. The second kappa shape index (κ2) is 10.9. The highest BCUT2D eigenvalue weighted by Crippen LogP contribution is 2.24. The molecular weight excluding hydrogens is 375 g/mol. The summed E-state index contributed by atoms with van der Waals surface area (Å²) in [5, 5.41) is 0. The molecule has 1 unspecified atom stereocenters. The van der Waals surface area contributed by atoms with Crippen LogP contribution in [0.2, 0.25) is 0 Å². The van der Waals surface area contributed by atoms with Crippen LogP contribution in [0.3, 0.4) is 0 Å². The fourth-order valence-corrected chi connectivity index (χ4v) is 3.34. The highest BCUT2D eigenvalue weighted by atomic mass is 19.1. The fraction of sp³-hybridized carbons (Fsp3) is 0.385. The van der Waals surface area contributed by atoms with Gasteiger partial charge in [0.1, 0.15) is 18.5 Å². The molecule has 0 saturated heterocycles. The Balaban J connectivity index is 1.60. The van der Waals surface area contributed by atoms with E-state index in [1.807, 2.05) is 50.5 Å². The molecule has 1 heterocycles. The molecule has 4 heteroatoms. The van der Waals surface area contributed by atoms with Crippen LogP contribution >= 0.6 is 0 Å². The molecule has 0 aliphatic heterocycles. The second-order valence-corrected chi connectivity index (χ2v) is 8.16. The van der Waals surface area contributed by atoms with E-state index in [0.717, 1.165) is 28.9 Å². The second-order valence-electron chi connectivity index (χ2n) is 8.16. The molecule has 0 bridgehead atoms. The number of hydrogen-bond donors (Lipinski definition) is 0. The number of ether oxygens (including phenoxy) is 1. The highest BCUT2D eigenvalue weighted by Gasteiger charge is 2.10. The molecule has 0 N–H and O–H groups in total. The summed E-state index contributed by atoms with van der Waals surface area (Å²) >= 11 is 0. The molecule has 0 aliphatic carbocycles. The van der Waals surface area contributed by atoms with E-state index in [0.29, 0.717) is 18.1 Å². The van der Waals surface area contributed by atoms with Crippen LogP contribution in [0.4, 0.5) is 4.39 Å². The average Bonchev–Trinajstić information content (AvgIpc) is 2.77. The average molecular weight is 407 g/mol. The number of benzene rings is 2. The van der Waals surface area contributed by atoms with Crippen LogP contribution < -0.4 is 4.74 Å². The summed E-state index contributed by atoms with van der Waals surface area (Å²) < 4.78 is 19.4. The molecule has 2 aromatic carbocycles. The van der Waals surface area contributed by atoms with Crippen molar-refractivity contribution in [3.63, 3.8) is 0 Å². The Bertz CT molecular complexity index is 890. The van der Waals surface area contributed by atoms with Gasteiger partial charge in [-0.25, -0.2) is 14.4 Å². The number of hydrogen-bond acceptors (Lipinski definition) is 3. The fourth-order valence-electron chi connectivity index (χ4n) is 3.34. The lowest BCUT2D eigenvalue weighted by atomic mass is 10.1. The normalized spacial score (nSPS) is 12.2. The molecule has 1 atom stereocenters. The summed E-state index contributed by atoms with van der Waals surface area (Å²) in [5.74, 6) is 1.72. The third kappa shape index (κ3) is 6.38. The van der Waals surface area contributed by atoms with Crippen molar-refractivity contribution in [1.29, 1.82) is 0 Å². The molecular formula is C26H31FN2O. The number of aromatic nitrogens is 2. The lowest BCUT2D eigenvalue weighted by molar-refractivity contribution is 0.174. The molecule has 1 aromatic heterocycles. The summed E-state index contributed by atoms with van der Waals surface area (Å²) in [6, 6.07) is 16.1. The van der Waals surface area contributed by atoms with Crippen molar-refractivity contribution in [2.45, 2.75) is 52.6 Å². The summed E-state index contributed by atoms with van der Waals surface area (Å²) in [6.45, 7) is 6.32. The first-order valence-electron chi connectivity index (χ1n) is 10.8. The van der Waals surface area contributed by atoms with E-state index in [1.165, 1.54) is 18.4 Å². The van der Waals surface area contributed by atoms with E-state index in [4.69, 9.17) is 4.74 Å². The maximum absolute atomic E-state index is 13.8. The minimum Gasteiger partial charge on any atom is -0.491 e. The maximum atomic E-state index is 13.8. The molecule has 3 rings (SSSR count). The first-order chi connectivity index (χ1) is 14.5. The summed E-state index contributed by atoms with van der Waals surface area (Å²) in [5.41, 5.74) is 4.31. The smallest absolute Gasteiger partial charge is 0.159 e. The minimum atomic E-state index is -0.939. The number of nitrogens with zero attached hydrogens (tertiary/aromatic N) is 2. The van der Waals surface area contributed by atoms with Gasteiger partial charge in [-0.1, -0.05) is 63.6 Å². The molecule has 0 fully saturated rings. The third-order valence-electron chi connectivity index (χ3n) is 5.03. The van der Waals surface area contributed by atoms with Gasteiger partial charge >= 0.3 is 0 Å². The highest BCUT2D eigenvalue weighted by molar-refractivity contribution is 5.64. The largest absolute Gasteiger partial charge is 0.491 e. The van der Waals surface area contributed by atoms with Gasteiger partial charge in [0.05, 0.1) is 0 Å². The quantitative estimate of drug-likeness (QED) is 0.367. The van der Waals surface area contributed by atoms with Crippen LogP contribution in [-0.2, 0) is 6.42 Å². The Labute approximate surface area is 179 Å². The number of alkyl halides is 1. The topological polar surface area (TPSA) is 35.0 Å². The molecule has 0 aliphatic rings. The lowest BCUT2D eigenvalue weighted by Gasteiger charge is -2.12. The maximum Gasteiger partial charge on any atom is 0.159 e. The van der Waals surface area contributed by atoms with Gasteiger partial charge in [0.15, 0.2) is 5.82 Å². The summed E-state index contributed by atoms with van der Waals surface area (Å²) in [4.78, 5) is 9.07. The predicted molar refractivity (Wildman–Crippen MR) is 121 cm³/mol. The van der Waals surface area contributed by atoms with Gasteiger partial charge in [-0.2, -0.15) is 0 Å². The van der Waals surface area contributed by atoms with Gasteiger partial charge in [-0.3, -0.25) is 0 Å². The number of halogens is 1. The van der Waals surface area contributed by atoms with E-state index in [9.17, 15) is 4.39 Å². The third-order valence-corrected chi connectivity index (χ3v) is 5.03. The number of unbranched alkanes of at least 4 members (excludes halogenated alkanes) is 1. The van der Waals surface area contributed by atoms with Crippen LogP contribution in [0.25, 0.3) is 22.5 Å². The van der Waals surface area contributed by atoms with Crippen LogP contribution in [0.1, 0.15) is 45.6 Å². The van der Waals surface area contributed by atoms with Crippen LogP contribution in [-0.4, -0.2) is 22.7 Å². The van der Waals surface area contributed by atoms with Gasteiger partial charge in [0.2, 0.25) is 0 Å². The molecule has 3 nitrogen and oxygen atoms in total. The van der Waals surface area contributed by atoms with Gasteiger partial charge < -0.3 is 4.74 Å². The molecule has 0 amide bonds. The van der Waals surface area contributed by atoms with Crippen molar-refractivity contribution in [2.24, 2.45) is 5.92 Å². The van der Waals surface area contributed by atoms with Crippen molar-refractivity contribution in [3.8, 4) is 28.3 Å². The Morgan fingerprint density at radius 3 is 2.10 bits per heavy atom. The van der Waals surface area contributed by atoms with E-state index in [1.54, 1.807) is 0 Å². The Morgan fingerprint density at radius 1 is 0.867 bits per heavy atom. The zero-order valence-corrected chi connectivity index (χ0v) is 18.1. The minimum absolute atomic E-state index is 0.0899. The van der Waals surface area contributed by atoms with Gasteiger partial charge in [-0.15, -0.1) is 0 Å². The van der Waals surface area contributed by atoms with Gasteiger partial charge in [-0.05, 0) is 48.4 Å². The monoisotopic (exact) mass is 406 g/mol. The first-order valence-corrected chi connectivity index (χ1v) is 10.8. The molecule has 0 radical (unpaired) electrons. The predicted octanol–water partition coefficient (Wildman–Crippen LogP) is 6.92. The standard InChI is InChI=1S/C26H31FN2O/c1-4-5-6-20-7-9-22(10-8-20)26-28-16-23(17-29-26)21-11-13-25(14-12-21)30-18-24(27)15-19(2)3/h7-14,16-17,19,24H,4-6,15,18H2,1-3H3. The van der Waals surface area contributed by atoms with E-state index >= 15 is 0 Å². The van der Waals surface area contributed by atoms with Gasteiger partial charge in [0, 0.05) is 23.5 Å². The number of rotatable bonds is 10. The van der Waals surface area contributed by atoms with Crippen LogP contribution in [0, 0.1) is 5.92 Å². The van der Waals surface area contributed by atoms with Crippen molar-refractivity contribution in [3.05, 3.63) is 66.5 Å². The molecule has 30 heavy (non-hydrogen) atoms. The van der Waals surface area contributed by atoms with E-state index < -0.39 is 6.17 Å². The van der Waals surface area contributed by atoms with Gasteiger partial charge in [0.25, 0.3) is 0 Å². The Morgan fingerprint density at radius 2 is 1.50 bits per heavy atom. The summed E-state index contributed by atoms with van der Waals surface area (Å²) in [6.07, 6.45) is 6.77. The van der Waals surface area contributed by atoms with Crippen molar-refractivity contribution in [2.75, 3.05) is 6.61 Å². The van der Waals surface area contributed by atoms with E-state index in [2.05, 4.69) is 41.2 Å². The van der Waals surface area contributed by atoms with Crippen LogP contribution in [0.5, 0.6) is 5.75 Å². The molecule has 3 aromatic rings. The zero-order valence-electron chi connectivity index (χ0n) is 18.1. The SMILES string of the molecule is CCCCc1ccc(-c2ncc(-c3ccc(OCC(F)CC(C)C)cc3)cn2)cc1. The number of aryl methyl sites for hydroxylation is 1. The Kier molecular flexibility index (Phi) is 7.95. The van der Waals surface area contributed by atoms with E-state index in [-0.39, 0.29) is 6.61 Å². The van der Waals surface area contributed by atoms with Crippen LogP contribution in [0.15, 0.2) is 60.9 Å². The van der Waals surface area contributed by atoms with Crippen molar-refractivity contribution >= 4 is 0 Å².